The van der Waals surface area contributed by atoms with Crippen molar-refractivity contribution in [1.82, 2.24) is 5.32 Å². The number of fused-ring (bicyclic) bond motifs is 1. The normalized spacial score (nSPS) is 29.5. The van der Waals surface area contributed by atoms with Crippen LogP contribution >= 0.6 is 0 Å². The van der Waals surface area contributed by atoms with Crippen molar-refractivity contribution >= 4 is 5.69 Å². The van der Waals surface area contributed by atoms with Gasteiger partial charge in [-0.2, -0.15) is 0 Å². The Hall–Kier alpha value is -1.06. The summed E-state index contributed by atoms with van der Waals surface area (Å²) in [6.07, 6.45) is 3.62. The third kappa shape index (κ3) is 2.57. The van der Waals surface area contributed by atoms with E-state index in [-0.39, 0.29) is 5.41 Å². The van der Waals surface area contributed by atoms with Gasteiger partial charge in [-0.3, -0.25) is 0 Å². The summed E-state index contributed by atoms with van der Waals surface area (Å²) in [5, 5.41) is 3.38. The van der Waals surface area contributed by atoms with E-state index in [0.717, 1.165) is 26.3 Å². The van der Waals surface area contributed by atoms with Gasteiger partial charge < -0.3 is 15.0 Å². The summed E-state index contributed by atoms with van der Waals surface area (Å²) in [6.45, 7) is 6.30. The highest BCUT2D eigenvalue weighted by Crippen LogP contribution is 2.37. The number of hydrogen-bond acceptors (Lipinski definition) is 3. The van der Waals surface area contributed by atoms with E-state index in [9.17, 15) is 0 Å². The Labute approximate surface area is 122 Å². The highest BCUT2D eigenvalue weighted by molar-refractivity contribution is 5.59. The molecule has 20 heavy (non-hydrogen) atoms. The molecule has 110 valence electrons. The van der Waals surface area contributed by atoms with Gasteiger partial charge in [0.05, 0.1) is 6.61 Å². The van der Waals surface area contributed by atoms with Crippen molar-refractivity contribution < 1.29 is 4.74 Å². The zero-order valence-electron chi connectivity index (χ0n) is 12.7. The van der Waals surface area contributed by atoms with Crippen molar-refractivity contribution in [1.29, 1.82) is 0 Å². The molecule has 1 saturated heterocycles. The van der Waals surface area contributed by atoms with Crippen LogP contribution in [0.5, 0.6) is 0 Å². The first-order valence-corrected chi connectivity index (χ1v) is 7.81. The quantitative estimate of drug-likeness (QED) is 0.913. The standard InChI is InChI=1S/C17H26N2O/c1-14-10-15-6-3-4-7-16(15)19(14)12-17(11-18-2)8-5-9-20-13-17/h3-4,6-7,14,18H,5,8-13H2,1-2H3. The van der Waals surface area contributed by atoms with Crippen LogP contribution in [0.3, 0.4) is 0 Å². The lowest BCUT2D eigenvalue weighted by Crippen LogP contribution is -2.49. The van der Waals surface area contributed by atoms with Crippen molar-refractivity contribution in [3.8, 4) is 0 Å². The summed E-state index contributed by atoms with van der Waals surface area (Å²) in [5.74, 6) is 0. The number of nitrogens with one attached hydrogen (secondary N) is 1. The van der Waals surface area contributed by atoms with E-state index in [1.807, 2.05) is 0 Å². The summed E-state index contributed by atoms with van der Waals surface area (Å²) in [5.41, 5.74) is 3.19. The molecule has 2 atom stereocenters. The predicted octanol–water partition coefficient (Wildman–Crippen LogP) is 2.45. The van der Waals surface area contributed by atoms with Crippen LogP contribution in [0, 0.1) is 5.41 Å². The fourth-order valence-corrected chi connectivity index (χ4v) is 3.84. The maximum atomic E-state index is 5.80. The van der Waals surface area contributed by atoms with Crippen LogP contribution in [0.1, 0.15) is 25.3 Å². The summed E-state index contributed by atoms with van der Waals surface area (Å²) in [7, 11) is 2.05. The molecule has 2 aliphatic rings. The Kier molecular flexibility index (Phi) is 3.99. The summed E-state index contributed by atoms with van der Waals surface area (Å²) in [6, 6.07) is 9.46. The molecule has 1 aromatic carbocycles. The highest BCUT2D eigenvalue weighted by atomic mass is 16.5. The smallest absolute Gasteiger partial charge is 0.0551 e. The van der Waals surface area contributed by atoms with Gasteiger partial charge in [0.15, 0.2) is 0 Å². The Bertz CT molecular complexity index is 449. The molecule has 0 bridgehead atoms. The largest absolute Gasteiger partial charge is 0.381 e. The van der Waals surface area contributed by atoms with E-state index >= 15 is 0 Å². The van der Waals surface area contributed by atoms with Crippen molar-refractivity contribution in [2.24, 2.45) is 5.41 Å². The van der Waals surface area contributed by atoms with Gasteiger partial charge in [-0.05, 0) is 44.9 Å². The van der Waals surface area contributed by atoms with Gasteiger partial charge in [0.25, 0.3) is 0 Å². The third-order valence-corrected chi connectivity index (χ3v) is 4.81. The molecule has 1 N–H and O–H groups in total. The van der Waals surface area contributed by atoms with Crippen molar-refractivity contribution in [2.45, 2.75) is 32.2 Å². The van der Waals surface area contributed by atoms with E-state index in [0.29, 0.717) is 6.04 Å². The average Bonchev–Trinajstić information content (AvgIpc) is 2.77. The fourth-order valence-electron chi connectivity index (χ4n) is 3.84. The van der Waals surface area contributed by atoms with Crippen molar-refractivity contribution in [3.05, 3.63) is 29.8 Å². The number of para-hydroxylation sites is 1. The number of anilines is 1. The molecule has 0 aliphatic carbocycles. The topological polar surface area (TPSA) is 24.5 Å². The molecule has 0 spiro atoms. The second-order valence-electron chi connectivity index (χ2n) is 6.50. The second kappa shape index (κ2) is 5.74. The zero-order valence-corrected chi connectivity index (χ0v) is 12.7. The second-order valence-corrected chi connectivity index (χ2v) is 6.50. The monoisotopic (exact) mass is 274 g/mol. The van der Waals surface area contributed by atoms with Gasteiger partial charge in [0.1, 0.15) is 0 Å². The molecular weight excluding hydrogens is 248 g/mol. The predicted molar refractivity (Wildman–Crippen MR) is 83.4 cm³/mol. The molecule has 0 amide bonds. The van der Waals surface area contributed by atoms with Crippen LogP contribution in [-0.2, 0) is 11.2 Å². The SMILES string of the molecule is CNCC1(CN2c3ccccc3CC2C)CCCOC1. The van der Waals surface area contributed by atoms with Crippen LogP contribution in [0.15, 0.2) is 24.3 Å². The minimum Gasteiger partial charge on any atom is -0.381 e. The number of nitrogens with zero attached hydrogens (tertiary/aromatic N) is 1. The molecule has 1 fully saturated rings. The summed E-state index contributed by atoms with van der Waals surface area (Å²) >= 11 is 0. The lowest BCUT2D eigenvalue weighted by Gasteiger charge is -2.42. The van der Waals surface area contributed by atoms with Crippen molar-refractivity contribution in [3.63, 3.8) is 0 Å². The number of ether oxygens (including phenoxy) is 1. The van der Waals surface area contributed by atoms with E-state index in [1.165, 1.54) is 30.5 Å². The highest BCUT2D eigenvalue weighted by Gasteiger charge is 2.37. The van der Waals surface area contributed by atoms with Crippen molar-refractivity contribution in [2.75, 3.05) is 38.3 Å². The van der Waals surface area contributed by atoms with Gasteiger partial charge in [-0.1, -0.05) is 18.2 Å². The molecule has 2 unspecified atom stereocenters. The van der Waals surface area contributed by atoms with Gasteiger partial charge in [0.2, 0.25) is 0 Å². The Morgan fingerprint density at radius 2 is 2.25 bits per heavy atom. The van der Waals surface area contributed by atoms with Gasteiger partial charge >= 0.3 is 0 Å². The van der Waals surface area contributed by atoms with E-state index in [4.69, 9.17) is 4.74 Å². The maximum absolute atomic E-state index is 5.80. The van der Waals surface area contributed by atoms with Gasteiger partial charge in [0, 0.05) is 36.8 Å². The maximum Gasteiger partial charge on any atom is 0.0551 e. The van der Waals surface area contributed by atoms with Crippen LogP contribution in [0.2, 0.25) is 0 Å². The molecule has 0 radical (unpaired) electrons. The fraction of sp³-hybridized carbons (Fsp3) is 0.647. The van der Waals surface area contributed by atoms with Crippen LogP contribution in [0.25, 0.3) is 0 Å². The number of hydrogen-bond donors (Lipinski definition) is 1. The number of rotatable bonds is 4. The molecule has 2 heterocycles. The van der Waals surface area contributed by atoms with Crippen LogP contribution < -0.4 is 10.2 Å². The Morgan fingerprint density at radius 3 is 3.00 bits per heavy atom. The molecule has 3 rings (SSSR count). The Balaban J connectivity index is 1.81. The minimum absolute atomic E-state index is 0.263. The number of benzene rings is 1. The third-order valence-electron chi connectivity index (χ3n) is 4.81. The van der Waals surface area contributed by atoms with E-state index in [1.54, 1.807) is 0 Å². The summed E-state index contributed by atoms with van der Waals surface area (Å²) < 4.78 is 5.80. The minimum atomic E-state index is 0.263. The summed E-state index contributed by atoms with van der Waals surface area (Å²) in [4.78, 5) is 2.60. The molecule has 0 saturated carbocycles. The van der Waals surface area contributed by atoms with Gasteiger partial charge in [-0.25, -0.2) is 0 Å². The zero-order chi connectivity index (χ0) is 14.0. The van der Waals surface area contributed by atoms with E-state index < -0.39 is 0 Å². The molecule has 0 aromatic heterocycles. The average molecular weight is 274 g/mol. The molecule has 1 aromatic rings. The molecule has 2 aliphatic heterocycles. The lowest BCUT2D eigenvalue weighted by atomic mass is 9.81. The first kappa shape index (κ1) is 13.9. The van der Waals surface area contributed by atoms with Crippen LogP contribution in [-0.4, -0.2) is 39.4 Å². The first-order chi connectivity index (χ1) is 9.74. The van der Waals surface area contributed by atoms with Gasteiger partial charge in [-0.15, -0.1) is 0 Å². The molecule has 3 heteroatoms. The van der Waals surface area contributed by atoms with E-state index in [2.05, 4.69) is 48.5 Å². The lowest BCUT2D eigenvalue weighted by molar-refractivity contribution is -0.00280. The molecular formula is C17H26N2O. The Morgan fingerprint density at radius 1 is 1.40 bits per heavy atom. The van der Waals surface area contributed by atoms with Crippen LogP contribution in [0.4, 0.5) is 5.69 Å². The first-order valence-electron chi connectivity index (χ1n) is 7.81. The molecule has 3 nitrogen and oxygen atoms in total.